The predicted molar refractivity (Wildman–Crippen MR) is 86.2 cm³/mol. The van der Waals surface area contributed by atoms with Gasteiger partial charge in [0.15, 0.2) is 0 Å². The summed E-state index contributed by atoms with van der Waals surface area (Å²) < 4.78 is 12.9. The maximum atomic E-state index is 12.9. The first-order valence-electron chi connectivity index (χ1n) is 7.57. The van der Waals surface area contributed by atoms with Crippen LogP contribution in [0.15, 0.2) is 42.5 Å². The molecule has 0 atom stereocenters. The molecular weight excluding hydrogens is 279 g/mol. The number of carbonyl (C=O) groups is 1. The number of benzene rings is 2. The molecule has 114 valence electrons. The van der Waals surface area contributed by atoms with Gasteiger partial charge in [-0.25, -0.2) is 4.39 Å². The molecule has 2 aromatic rings. The maximum absolute atomic E-state index is 12.9. The zero-order valence-electron chi connectivity index (χ0n) is 12.4. The van der Waals surface area contributed by atoms with Gasteiger partial charge in [-0.3, -0.25) is 4.79 Å². The van der Waals surface area contributed by atoms with Crippen molar-refractivity contribution in [2.75, 3.05) is 17.2 Å². The molecule has 0 saturated heterocycles. The van der Waals surface area contributed by atoms with Gasteiger partial charge in [-0.1, -0.05) is 18.2 Å². The third-order valence-electron chi connectivity index (χ3n) is 4.13. The Hall–Kier alpha value is -2.36. The van der Waals surface area contributed by atoms with Crippen LogP contribution in [0.2, 0.25) is 0 Å². The van der Waals surface area contributed by atoms with Crippen molar-refractivity contribution in [3.05, 3.63) is 59.4 Å². The molecule has 4 heteroatoms. The van der Waals surface area contributed by atoms with E-state index in [1.165, 1.54) is 12.1 Å². The first-order valence-corrected chi connectivity index (χ1v) is 7.57. The molecule has 0 spiro atoms. The Morgan fingerprint density at radius 3 is 2.73 bits per heavy atom. The summed E-state index contributed by atoms with van der Waals surface area (Å²) in [4.78, 5) is 14.4. The number of halogens is 1. The summed E-state index contributed by atoms with van der Waals surface area (Å²) in [7, 11) is 0. The number of hydrogen-bond acceptors (Lipinski definition) is 2. The second-order valence-electron chi connectivity index (χ2n) is 5.62. The first-order chi connectivity index (χ1) is 10.6. The summed E-state index contributed by atoms with van der Waals surface area (Å²) >= 11 is 0. The van der Waals surface area contributed by atoms with Gasteiger partial charge in [0.05, 0.1) is 0 Å². The Labute approximate surface area is 129 Å². The summed E-state index contributed by atoms with van der Waals surface area (Å²) in [5, 5.41) is 0. The van der Waals surface area contributed by atoms with Gasteiger partial charge in [0.25, 0.3) is 0 Å². The van der Waals surface area contributed by atoms with Gasteiger partial charge in [0.1, 0.15) is 5.82 Å². The van der Waals surface area contributed by atoms with Crippen LogP contribution in [0, 0.1) is 5.82 Å². The monoisotopic (exact) mass is 298 g/mol. The van der Waals surface area contributed by atoms with E-state index in [-0.39, 0.29) is 11.7 Å². The Bertz CT molecular complexity index is 682. The number of rotatable bonds is 3. The molecule has 2 N–H and O–H groups in total. The van der Waals surface area contributed by atoms with Crippen LogP contribution < -0.4 is 10.6 Å². The lowest BCUT2D eigenvalue weighted by molar-refractivity contribution is -0.118. The van der Waals surface area contributed by atoms with Crippen LogP contribution in [0.5, 0.6) is 0 Å². The number of nitrogens with two attached hydrogens (primary N) is 1. The Balaban J connectivity index is 1.71. The quantitative estimate of drug-likeness (QED) is 0.884. The SMILES string of the molecule is Nc1cccc2c1CCCN2C(=O)CCc1ccc(F)cc1. The molecule has 3 nitrogen and oxygen atoms in total. The van der Waals surface area contributed by atoms with E-state index in [0.717, 1.165) is 41.9 Å². The fourth-order valence-corrected chi connectivity index (χ4v) is 2.95. The first kappa shape index (κ1) is 14.6. The van der Waals surface area contributed by atoms with Crippen LogP contribution in [-0.4, -0.2) is 12.5 Å². The molecule has 1 amide bonds. The zero-order valence-corrected chi connectivity index (χ0v) is 12.4. The number of nitrogen functional groups attached to an aromatic ring is 1. The molecule has 0 aliphatic carbocycles. The largest absolute Gasteiger partial charge is 0.398 e. The standard InChI is InChI=1S/C18H19FN2O/c19-14-9-6-13(7-10-14)8-11-18(22)21-12-2-3-15-16(20)4-1-5-17(15)21/h1,4-7,9-10H,2-3,8,11-12,20H2. The van der Waals surface area contributed by atoms with Crippen LogP contribution in [0.4, 0.5) is 15.8 Å². The van der Waals surface area contributed by atoms with Crippen LogP contribution in [-0.2, 0) is 17.6 Å². The number of nitrogens with zero attached hydrogens (tertiary/aromatic N) is 1. The molecule has 22 heavy (non-hydrogen) atoms. The number of amides is 1. The number of carbonyl (C=O) groups excluding carboxylic acids is 1. The highest BCUT2D eigenvalue weighted by molar-refractivity contribution is 5.95. The minimum atomic E-state index is -0.254. The van der Waals surface area contributed by atoms with Gasteiger partial charge < -0.3 is 10.6 Å². The highest BCUT2D eigenvalue weighted by Crippen LogP contribution is 2.31. The summed E-state index contributed by atoms with van der Waals surface area (Å²) in [5.74, 6) is -0.161. The van der Waals surface area contributed by atoms with E-state index in [4.69, 9.17) is 5.73 Å². The van der Waals surface area contributed by atoms with Gasteiger partial charge in [-0.05, 0) is 54.7 Å². The van der Waals surface area contributed by atoms with Crippen molar-refractivity contribution < 1.29 is 9.18 Å². The fraction of sp³-hybridized carbons (Fsp3) is 0.278. The van der Waals surface area contributed by atoms with Crippen molar-refractivity contribution in [2.45, 2.75) is 25.7 Å². The number of aryl methyl sites for hydroxylation is 1. The van der Waals surface area contributed by atoms with E-state index in [9.17, 15) is 9.18 Å². The normalized spacial score (nSPS) is 13.8. The molecule has 0 unspecified atom stereocenters. The summed E-state index contributed by atoms with van der Waals surface area (Å²) in [6.45, 7) is 0.735. The van der Waals surface area contributed by atoms with Crippen molar-refractivity contribution in [1.29, 1.82) is 0 Å². The second kappa shape index (κ2) is 6.18. The average Bonchev–Trinajstić information content (AvgIpc) is 2.54. The molecule has 2 aromatic carbocycles. The molecule has 0 radical (unpaired) electrons. The molecule has 0 saturated carbocycles. The van der Waals surface area contributed by atoms with Gasteiger partial charge >= 0.3 is 0 Å². The van der Waals surface area contributed by atoms with E-state index in [0.29, 0.717) is 12.8 Å². The van der Waals surface area contributed by atoms with E-state index in [1.54, 1.807) is 12.1 Å². The van der Waals surface area contributed by atoms with E-state index in [2.05, 4.69) is 0 Å². The minimum absolute atomic E-state index is 0.0934. The lowest BCUT2D eigenvalue weighted by atomic mass is 9.99. The van der Waals surface area contributed by atoms with Crippen molar-refractivity contribution in [3.63, 3.8) is 0 Å². The highest BCUT2D eigenvalue weighted by Gasteiger charge is 2.23. The molecule has 1 aliphatic heterocycles. The van der Waals surface area contributed by atoms with Crippen LogP contribution in [0.1, 0.15) is 24.0 Å². The number of hydrogen-bond donors (Lipinski definition) is 1. The smallest absolute Gasteiger partial charge is 0.227 e. The molecule has 0 fully saturated rings. The number of fused-ring (bicyclic) bond motifs is 1. The van der Waals surface area contributed by atoms with Gasteiger partial charge in [-0.15, -0.1) is 0 Å². The molecule has 0 bridgehead atoms. The topological polar surface area (TPSA) is 46.3 Å². The van der Waals surface area contributed by atoms with Crippen molar-refractivity contribution in [3.8, 4) is 0 Å². The molecule has 1 heterocycles. The van der Waals surface area contributed by atoms with Crippen LogP contribution in [0.25, 0.3) is 0 Å². The van der Waals surface area contributed by atoms with E-state index < -0.39 is 0 Å². The van der Waals surface area contributed by atoms with Gasteiger partial charge in [-0.2, -0.15) is 0 Å². The summed E-state index contributed by atoms with van der Waals surface area (Å²) in [6.07, 6.45) is 2.89. The Morgan fingerprint density at radius 1 is 1.18 bits per heavy atom. The molecule has 3 rings (SSSR count). The van der Waals surface area contributed by atoms with Crippen LogP contribution >= 0.6 is 0 Å². The Kier molecular flexibility index (Phi) is 4.09. The van der Waals surface area contributed by atoms with Crippen molar-refractivity contribution in [1.82, 2.24) is 0 Å². The third kappa shape index (κ3) is 2.96. The van der Waals surface area contributed by atoms with Crippen molar-refractivity contribution in [2.24, 2.45) is 0 Å². The maximum Gasteiger partial charge on any atom is 0.227 e. The lowest BCUT2D eigenvalue weighted by Gasteiger charge is -2.30. The third-order valence-corrected chi connectivity index (χ3v) is 4.13. The van der Waals surface area contributed by atoms with E-state index >= 15 is 0 Å². The zero-order chi connectivity index (χ0) is 15.5. The molecule has 1 aliphatic rings. The minimum Gasteiger partial charge on any atom is -0.398 e. The predicted octanol–water partition coefficient (Wildman–Crippen LogP) is 3.32. The average molecular weight is 298 g/mol. The Morgan fingerprint density at radius 2 is 1.95 bits per heavy atom. The summed E-state index contributed by atoms with van der Waals surface area (Å²) in [6, 6.07) is 12.0. The van der Waals surface area contributed by atoms with Crippen molar-refractivity contribution >= 4 is 17.3 Å². The highest BCUT2D eigenvalue weighted by atomic mass is 19.1. The van der Waals surface area contributed by atoms with E-state index in [1.807, 2.05) is 23.1 Å². The molecular formula is C18H19FN2O. The molecule has 0 aromatic heterocycles. The fourth-order valence-electron chi connectivity index (χ4n) is 2.95. The number of anilines is 2. The van der Waals surface area contributed by atoms with Crippen LogP contribution in [0.3, 0.4) is 0 Å². The van der Waals surface area contributed by atoms with Gasteiger partial charge in [0, 0.05) is 24.3 Å². The second-order valence-corrected chi connectivity index (χ2v) is 5.62. The lowest BCUT2D eigenvalue weighted by Crippen LogP contribution is -2.35. The summed E-state index contributed by atoms with van der Waals surface area (Å²) in [5.41, 5.74) is 9.75. The van der Waals surface area contributed by atoms with Gasteiger partial charge in [0.2, 0.25) is 5.91 Å².